The van der Waals surface area contributed by atoms with Crippen molar-refractivity contribution < 1.29 is 8.78 Å². The molecule has 3 unspecified atom stereocenters. The van der Waals surface area contributed by atoms with Gasteiger partial charge >= 0.3 is 0 Å². The van der Waals surface area contributed by atoms with Gasteiger partial charge in [0.2, 0.25) is 0 Å². The molecule has 3 nitrogen and oxygen atoms in total. The summed E-state index contributed by atoms with van der Waals surface area (Å²) in [6, 6.07) is 0.988. The zero-order valence-corrected chi connectivity index (χ0v) is 11.0. The van der Waals surface area contributed by atoms with Crippen LogP contribution in [-0.2, 0) is 0 Å². The minimum atomic E-state index is -0.804. The van der Waals surface area contributed by atoms with Gasteiger partial charge in [0, 0.05) is 18.7 Å². The first-order valence-electron chi connectivity index (χ1n) is 6.28. The molecule has 1 aliphatic rings. The largest absolute Gasteiger partial charge is 0.381 e. The number of hydrogen-bond donors (Lipinski definition) is 1. The number of nitrogen functional groups attached to an aromatic ring is 1. The minimum absolute atomic E-state index is 0.166. The topological polar surface area (TPSA) is 42.2 Å². The molecule has 1 saturated heterocycles. The summed E-state index contributed by atoms with van der Waals surface area (Å²) < 4.78 is 27.0. The SMILES string of the molecule is CC1CC(C)C(C)N(c2nc(N)c(F)cc2F)C1. The molecule has 0 amide bonds. The molecule has 0 spiro atoms. The first-order valence-corrected chi connectivity index (χ1v) is 6.28. The van der Waals surface area contributed by atoms with Crippen LogP contribution in [0.1, 0.15) is 27.2 Å². The Hall–Kier alpha value is -1.39. The fourth-order valence-corrected chi connectivity index (χ4v) is 2.67. The highest BCUT2D eigenvalue weighted by atomic mass is 19.1. The molecular formula is C13H19F2N3. The number of piperidine rings is 1. The molecule has 1 aromatic heterocycles. The van der Waals surface area contributed by atoms with E-state index in [0.717, 1.165) is 19.0 Å². The number of nitrogens with zero attached hydrogens (tertiary/aromatic N) is 2. The lowest BCUT2D eigenvalue weighted by atomic mass is 9.86. The van der Waals surface area contributed by atoms with E-state index in [2.05, 4.69) is 18.8 Å². The van der Waals surface area contributed by atoms with Gasteiger partial charge in [-0.1, -0.05) is 13.8 Å². The van der Waals surface area contributed by atoms with Crippen molar-refractivity contribution in [3.8, 4) is 0 Å². The lowest BCUT2D eigenvalue weighted by Gasteiger charge is -2.42. The van der Waals surface area contributed by atoms with Gasteiger partial charge in [-0.25, -0.2) is 13.8 Å². The van der Waals surface area contributed by atoms with Gasteiger partial charge in [-0.05, 0) is 25.2 Å². The fourth-order valence-electron chi connectivity index (χ4n) is 2.67. The van der Waals surface area contributed by atoms with Crippen LogP contribution in [0.25, 0.3) is 0 Å². The van der Waals surface area contributed by atoms with Crippen molar-refractivity contribution in [2.75, 3.05) is 17.2 Å². The fraction of sp³-hybridized carbons (Fsp3) is 0.615. The third-order valence-corrected chi connectivity index (χ3v) is 3.81. The molecule has 18 heavy (non-hydrogen) atoms. The predicted octanol–water partition coefficient (Wildman–Crippen LogP) is 2.81. The molecule has 3 atom stereocenters. The highest BCUT2D eigenvalue weighted by molar-refractivity contribution is 5.48. The summed E-state index contributed by atoms with van der Waals surface area (Å²) in [6.45, 7) is 7.02. The van der Waals surface area contributed by atoms with Crippen LogP contribution in [0.3, 0.4) is 0 Å². The van der Waals surface area contributed by atoms with E-state index in [-0.39, 0.29) is 17.7 Å². The van der Waals surface area contributed by atoms with Crippen LogP contribution in [0.4, 0.5) is 20.4 Å². The van der Waals surface area contributed by atoms with Crippen molar-refractivity contribution in [1.29, 1.82) is 0 Å². The molecular weight excluding hydrogens is 236 g/mol. The van der Waals surface area contributed by atoms with Crippen molar-refractivity contribution in [3.63, 3.8) is 0 Å². The molecule has 1 aromatic rings. The Labute approximate surface area is 106 Å². The van der Waals surface area contributed by atoms with Crippen molar-refractivity contribution >= 4 is 11.6 Å². The maximum absolute atomic E-state index is 13.8. The average molecular weight is 255 g/mol. The lowest BCUT2D eigenvalue weighted by Crippen LogP contribution is -2.46. The summed E-state index contributed by atoms with van der Waals surface area (Å²) in [4.78, 5) is 5.76. The predicted molar refractivity (Wildman–Crippen MR) is 68.3 cm³/mol. The summed E-state index contributed by atoms with van der Waals surface area (Å²) in [5.74, 6) is -0.619. The molecule has 0 saturated carbocycles. The van der Waals surface area contributed by atoms with Gasteiger partial charge in [-0.3, -0.25) is 0 Å². The van der Waals surface area contributed by atoms with Gasteiger partial charge in [-0.2, -0.15) is 0 Å². The summed E-state index contributed by atoms with van der Waals surface area (Å²) in [5.41, 5.74) is 5.43. The van der Waals surface area contributed by atoms with Gasteiger partial charge in [0.05, 0.1) is 0 Å². The highest BCUT2D eigenvalue weighted by Crippen LogP contribution is 2.32. The molecule has 0 aliphatic carbocycles. The minimum Gasteiger partial charge on any atom is -0.381 e. The second kappa shape index (κ2) is 4.71. The number of rotatable bonds is 1. The zero-order valence-electron chi connectivity index (χ0n) is 11.0. The number of nitrogens with two attached hydrogens (primary N) is 1. The summed E-state index contributed by atoms with van der Waals surface area (Å²) in [6.07, 6.45) is 1.11. The third kappa shape index (κ3) is 2.26. The second-order valence-corrected chi connectivity index (χ2v) is 5.37. The Kier molecular flexibility index (Phi) is 3.41. The maximum atomic E-state index is 13.8. The molecule has 100 valence electrons. The highest BCUT2D eigenvalue weighted by Gasteiger charge is 2.31. The van der Waals surface area contributed by atoms with Crippen molar-refractivity contribution in [3.05, 3.63) is 17.7 Å². The third-order valence-electron chi connectivity index (χ3n) is 3.81. The Bertz CT molecular complexity index is 450. The van der Waals surface area contributed by atoms with E-state index in [4.69, 9.17) is 5.73 Å². The molecule has 5 heteroatoms. The molecule has 2 N–H and O–H groups in total. The quantitative estimate of drug-likeness (QED) is 0.839. The molecule has 1 aliphatic heterocycles. The van der Waals surface area contributed by atoms with E-state index in [1.165, 1.54) is 0 Å². The average Bonchev–Trinajstić information content (AvgIpc) is 2.29. The normalized spacial score (nSPS) is 28.5. The molecule has 0 bridgehead atoms. The summed E-state index contributed by atoms with van der Waals surface area (Å²) in [7, 11) is 0. The van der Waals surface area contributed by atoms with E-state index >= 15 is 0 Å². The second-order valence-electron chi connectivity index (χ2n) is 5.37. The van der Waals surface area contributed by atoms with Crippen LogP contribution >= 0.6 is 0 Å². The van der Waals surface area contributed by atoms with E-state index in [0.29, 0.717) is 11.8 Å². The van der Waals surface area contributed by atoms with Gasteiger partial charge in [0.25, 0.3) is 0 Å². The van der Waals surface area contributed by atoms with E-state index in [1.54, 1.807) is 0 Å². The van der Waals surface area contributed by atoms with Crippen molar-refractivity contribution in [1.82, 2.24) is 4.98 Å². The van der Waals surface area contributed by atoms with E-state index in [9.17, 15) is 8.78 Å². The van der Waals surface area contributed by atoms with Gasteiger partial charge in [0.15, 0.2) is 23.3 Å². The van der Waals surface area contributed by atoms with Crippen LogP contribution in [-0.4, -0.2) is 17.6 Å². The van der Waals surface area contributed by atoms with Crippen molar-refractivity contribution in [2.24, 2.45) is 11.8 Å². The monoisotopic (exact) mass is 255 g/mol. The number of halogens is 2. The number of pyridine rings is 1. The summed E-state index contributed by atoms with van der Waals surface area (Å²) >= 11 is 0. The van der Waals surface area contributed by atoms with Crippen LogP contribution in [0.15, 0.2) is 6.07 Å². The summed E-state index contributed by atoms with van der Waals surface area (Å²) in [5, 5.41) is 0. The van der Waals surface area contributed by atoms with Gasteiger partial charge in [-0.15, -0.1) is 0 Å². The van der Waals surface area contributed by atoms with E-state index in [1.807, 2.05) is 11.8 Å². The first kappa shape index (κ1) is 13.1. The standard InChI is InChI=1S/C13H19F2N3/c1-7-4-8(2)9(3)18(6-7)13-11(15)5-10(14)12(16)17-13/h5,7-9H,4,6H2,1-3H3,(H2,16,17). The Balaban J connectivity index is 2.38. The van der Waals surface area contributed by atoms with Crippen LogP contribution < -0.4 is 10.6 Å². The van der Waals surface area contributed by atoms with E-state index < -0.39 is 11.6 Å². The Morgan fingerprint density at radius 3 is 2.61 bits per heavy atom. The molecule has 2 rings (SSSR count). The number of hydrogen-bond acceptors (Lipinski definition) is 3. The van der Waals surface area contributed by atoms with Gasteiger partial charge in [0.1, 0.15) is 0 Å². The Morgan fingerprint density at radius 2 is 1.94 bits per heavy atom. The number of aromatic nitrogens is 1. The molecule has 1 fully saturated rings. The van der Waals surface area contributed by atoms with Crippen LogP contribution in [0, 0.1) is 23.5 Å². The molecule has 0 aromatic carbocycles. The first-order chi connectivity index (χ1) is 8.40. The zero-order chi connectivity index (χ0) is 13.4. The van der Waals surface area contributed by atoms with Crippen LogP contribution in [0.5, 0.6) is 0 Å². The molecule has 0 radical (unpaired) electrons. The number of anilines is 2. The smallest absolute Gasteiger partial charge is 0.168 e. The Morgan fingerprint density at radius 1 is 1.28 bits per heavy atom. The van der Waals surface area contributed by atoms with Crippen LogP contribution in [0.2, 0.25) is 0 Å². The van der Waals surface area contributed by atoms with Crippen molar-refractivity contribution in [2.45, 2.75) is 33.2 Å². The lowest BCUT2D eigenvalue weighted by molar-refractivity contribution is 0.293. The maximum Gasteiger partial charge on any atom is 0.168 e. The molecule has 2 heterocycles. The van der Waals surface area contributed by atoms with Gasteiger partial charge < -0.3 is 10.6 Å².